The van der Waals surface area contributed by atoms with E-state index in [-0.39, 0.29) is 6.61 Å². The molecule has 1 fully saturated rings. The van der Waals surface area contributed by atoms with Crippen LogP contribution in [0.25, 0.3) is 21.9 Å². The highest BCUT2D eigenvalue weighted by Gasteiger charge is 2.44. The molecule has 4 N–H and O–H groups in total. The summed E-state index contributed by atoms with van der Waals surface area (Å²) in [4.78, 5) is 13.0. The summed E-state index contributed by atoms with van der Waals surface area (Å²) >= 11 is 3.37. The van der Waals surface area contributed by atoms with Gasteiger partial charge in [0.05, 0.1) is 15.7 Å². The van der Waals surface area contributed by atoms with Crippen molar-refractivity contribution in [2.24, 2.45) is 0 Å². The molecule has 0 spiro atoms. The summed E-state index contributed by atoms with van der Waals surface area (Å²) in [5, 5.41) is 23.1. The largest absolute Gasteiger partial charge is 0.491 e. The molecule has 1 aliphatic rings. The van der Waals surface area contributed by atoms with Gasteiger partial charge < -0.3 is 30.0 Å². The van der Waals surface area contributed by atoms with E-state index >= 15 is 0 Å². The quantitative estimate of drug-likeness (QED) is 0.382. The maximum atomic E-state index is 10.7. The van der Waals surface area contributed by atoms with Crippen LogP contribution in [0, 0.1) is 0 Å². The van der Waals surface area contributed by atoms with Crippen molar-refractivity contribution < 1.29 is 19.7 Å². The maximum Gasteiger partial charge on any atom is 0.164 e. The van der Waals surface area contributed by atoms with E-state index in [4.69, 9.17) is 15.2 Å². The number of aromatic nitrogens is 4. The molecule has 9 nitrogen and oxygen atoms in total. The fourth-order valence-corrected chi connectivity index (χ4v) is 4.35. The molecular weight excluding hydrogens is 478 g/mol. The fourth-order valence-electron chi connectivity index (χ4n) is 4.01. The fraction of sp³-hybridized carbons (Fsp3) is 0.318. The average molecular weight is 500 g/mol. The summed E-state index contributed by atoms with van der Waals surface area (Å²) in [7, 11) is 0. The second-order valence-electron chi connectivity index (χ2n) is 7.70. The van der Waals surface area contributed by atoms with Crippen LogP contribution in [0.3, 0.4) is 0 Å². The number of aryl methyl sites for hydroxylation is 1. The third-order valence-electron chi connectivity index (χ3n) is 5.72. The van der Waals surface area contributed by atoms with Crippen molar-refractivity contribution in [3.05, 3.63) is 53.0 Å². The van der Waals surface area contributed by atoms with Crippen LogP contribution in [-0.4, -0.2) is 54.7 Å². The van der Waals surface area contributed by atoms with E-state index in [0.29, 0.717) is 22.7 Å². The summed E-state index contributed by atoms with van der Waals surface area (Å²) in [6.45, 7) is 2.08. The number of rotatable bonds is 5. The number of nitrogens with two attached hydrogens (primary N) is 1. The number of hydrogen-bond acceptors (Lipinski definition) is 8. The smallest absolute Gasteiger partial charge is 0.164 e. The Kier molecular flexibility index (Phi) is 5.46. The van der Waals surface area contributed by atoms with Crippen LogP contribution in [0.2, 0.25) is 0 Å². The number of anilines is 1. The minimum atomic E-state index is -1.13. The molecule has 0 saturated carbocycles. The molecule has 32 heavy (non-hydrogen) atoms. The van der Waals surface area contributed by atoms with Crippen LogP contribution in [0.5, 0.6) is 5.75 Å². The van der Waals surface area contributed by atoms with Gasteiger partial charge in [-0.15, -0.1) is 0 Å². The molecule has 3 aromatic heterocycles. The highest BCUT2D eigenvalue weighted by Crippen LogP contribution is 2.33. The number of aliphatic hydroxyl groups is 2. The predicted octanol–water partition coefficient (Wildman–Crippen LogP) is 2.58. The number of hydrogen-bond donors (Lipinski definition) is 3. The molecule has 166 valence electrons. The van der Waals surface area contributed by atoms with Crippen molar-refractivity contribution in [1.29, 1.82) is 0 Å². The molecule has 1 aromatic carbocycles. The Hall–Kier alpha value is -2.79. The Morgan fingerprint density at radius 3 is 2.84 bits per heavy atom. The van der Waals surface area contributed by atoms with Crippen LogP contribution in [0.4, 0.5) is 5.82 Å². The molecule has 0 aliphatic carbocycles. The van der Waals surface area contributed by atoms with E-state index < -0.39 is 24.5 Å². The summed E-state index contributed by atoms with van der Waals surface area (Å²) < 4.78 is 14.3. The molecule has 4 heterocycles. The van der Waals surface area contributed by atoms with Gasteiger partial charge in [0, 0.05) is 23.0 Å². The van der Waals surface area contributed by atoms with E-state index in [0.717, 1.165) is 27.4 Å². The zero-order valence-corrected chi connectivity index (χ0v) is 18.8. The Morgan fingerprint density at radius 2 is 2.03 bits per heavy atom. The lowest BCUT2D eigenvalue weighted by Crippen LogP contribution is -2.34. The number of nitrogens with zero attached hydrogens (tertiary/aromatic N) is 4. The highest BCUT2D eigenvalue weighted by atomic mass is 79.9. The second kappa shape index (κ2) is 8.28. The molecule has 0 bridgehead atoms. The highest BCUT2D eigenvalue weighted by molar-refractivity contribution is 9.10. The first-order valence-corrected chi connectivity index (χ1v) is 11.1. The van der Waals surface area contributed by atoms with Crippen LogP contribution in [0.15, 0.2) is 47.3 Å². The van der Waals surface area contributed by atoms with Gasteiger partial charge in [-0.2, -0.15) is 0 Å². The summed E-state index contributed by atoms with van der Waals surface area (Å²) in [6, 6.07) is 9.25. The minimum absolute atomic E-state index is 0.0562. The Labute approximate surface area is 192 Å². The lowest BCUT2D eigenvalue weighted by molar-refractivity contribution is -0.0471. The molecule has 0 unspecified atom stereocenters. The lowest BCUT2D eigenvalue weighted by Gasteiger charge is -2.17. The second-order valence-corrected chi connectivity index (χ2v) is 8.56. The predicted molar refractivity (Wildman–Crippen MR) is 122 cm³/mol. The van der Waals surface area contributed by atoms with Crippen LogP contribution >= 0.6 is 15.9 Å². The molecule has 1 aliphatic heterocycles. The van der Waals surface area contributed by atoms with Crippen molar-refractivity contribution in [2.75, 3.05) is 12.3 Å². The Bertz CT molecular complexity index is 1300. The van der Waals surface area contributed by atoms with Gasteiger partial charge in [-0.3, -0.25) is 0 Å². The molecule has 4 aromatic rings. The van der Waals surface area contributed by atoms with Crippen molar-refractivity contribution in [1.82, 2.24) is 19.5 Å². The monoisotopic (exact) mass is 499 g/mol. The molecule has 5 rings (SSSR count). The SMILES string of the molecule is CCc1ncnc2c1ccn2[C@@H]1O[C@H](COc2ccc3cc(Br)c(N)nc3c2)[C@@H](O)[C@H]1O. The molecular formula is C22H22BrN5O4. The van der Waals surface area contributed by atoms with E-state index in [1.54, 1.807) is 16.8 Å². The van der Waals surface area contributed by atoms with Crippen molar-refractivity contribution >= 4 is 43.7 Å². The van der Waals surface area contributed by atoms with E-state index in [1.807, 2.05) is 31.2 Å². The first kappa shape index (κ1) is 21.1. The maximum absolute atomic E-state index is 10.7. The van der Waals surface area contributed by atoms with Gasteiger partial charge in [0.25, 0.3) is 0 Å². The summed E-state index contributed by atoms with van der Waals surface area (Å²) in [5.74, 6) is 0.955. The molecule has 0 amide bonds. The van der Waals surface area contributed by atoms with Gasteiger partial charge in [0.2, 0.25) is 0 Å². The van der Waals surface area contributed by atoms with Gasteiger partial charge in [-0.25, -0.2) is 15.0 Å². The van der Waals surface area contributed by atoms with E-state index in [1.165, 1.54) is 6.33 Å². The van der Waals surface area contributed by atoms with Crippen molar-refractivity contribution in [2.45, 2.75) is 37.9 Å². The summed E-state index contributed by atoms with van der Waals surface area (Å²) in [6.07, 6.45) is 0.295. The third-order valence-corrected chi connectivity index (χ3v) is 6.36. The Balaban J connectivity index is 1.34. The number of aliphatic hydroxyl groups excluding tert-OH is 2. The van der Waals surface area contributed by atoms with Crippen molar-refractivity contribution in [3.63, 3.8) is 0 Å². The molecule has 10 heteroatoms. The number of ether oxygens (including phenoxy) is 2. The van der Waals surface area contributed by atoms with Crippen LogP contribution < -0.4 is 10.5 Å². The number of nitrogen functional groups attached to an aromatic ring is 1. The van der Waals surface area contributed by atoms with Gasteiger partial charge in [0.15, 0.2) is 6.23 Å². The minimum Gasteiger partial charge on any atom is -0.491 e. The number of halogens is 1. The number of benzene rings is 1. The molecule has 1 saturated heterocycles. The van der Waals surface area contributed by atoms with Crippen LogP contribution in [0.1, 0.15) is 18.8 Å². The number of fused-ring (bicyclic) bond motifs is 2. The van der Waals surface area contributed by atoms with Crippen LogP contribution in [-0.2, 0) is 11.2 Å². The number of pyridine rings is 1. The summed E-state index contributed by atoms with van der Waals surface area (Å²) in [5.41, 5.74) is 8.13. The zero-order valence-electron chi connectivity index (χ0n) is 17.2. The third kappa shape index (κ3) is 3.58. The average Bonchev–Trinajstić information content (AvgIpc) is 3.34. The first-order valence-electron chi connectivity index (χ1n) is 10.3. The van der Waals surface area contributed by atoms with E-state index in [2.05, 4.69) is 30.9 Å². The van der Waals surface area contributed by atoms with Gasteiger partial charge >= 0.3 is 0 Å². The first-order chi connectivity index (χ1) is 15.5. The lowest BCUT2D eigenvalue weighted by atomic mass is 10.1. The van der Waals surface area contributed by atoms with Gasteiger partial charge in [0.1, 0.15) is 48.5 Å². The Morgan fingerprint density at radius 1 is 1.19 bits per heavy atom. The molecule has 4 atom stereocenters. The molecule has 0 radical (unpaired) electrons. The van der Waals surface area contributed by atoms with Gasteiger partial charge in [-0.05, 0) is 46.6 Å². The normalized spacial score (nSPS) is 23.2. The standard InChI is InChI=1S/C22H22BrN5O4/c1-2-15-13-5-6-28(21(13)26-10-25-15)22-19(30)18(29)17(32-22)9-31-12-4-3-11-7-14(23)20(24)27-16(11)8-12/h3-8,10,17-19,22,29-30H,2,9H2,1H3,(H2,24,27)/t17-,18-,19-,22-/m1/s1. The topological polar surface area (TPSA) is 129 Å². The van der Waals surface area contributed by atoms with Crippen molar-refractivity contribution in [3.8, 4) is 5.75 Å². The van der Waals surface area contributed by atoms with Gasteiger partial charge in [-0.1, -0.05) is 6.92 Å². The van der Waals surface area contributed by atoms with E-state index in [9.17, 15) is 10.2 Å². The zero-order chi connectivity index (χ0) is 22.4.